The summed E-state index contributed by atoms with van der Waals surface area (Å²) in [5, 5.41) is 14.1. The van der Waals surface area contributed by atoms with Gasteiger partial charge in [0.05, 0.1) is 4.92 Å². The normalized spacial score (nSPS) is 10.3. The van der Waals surface area contributed by atoms with Crippen LogP contribution in [0, 0.1) is 24.0 Å². The van der Waals surface area contributed by atoms with Gasteiger partial charge in [-0.05, 0) is 37.6 Å². The lowest BCUT2D eigenvalue weighted by atomic mass is 10.2. The van der Waals surface area contributed by atoms with Crippen LogP contribution in [0.1, 0.15) is 11.3 Å². The van der Waals surface area contributed by atoms with E-state index in [0.29, 0.717) is 5.69 Å². The van der Waals surface area contributed by atoms with Crippen LogP contribution in [-0.2, 0) is 0 Å². The molecule has 0 saturated carbocycles. The summed E-state index contributed by atoms with van der Waals surface area (Å²) in [6.07, 6.45) is 0. The summed E-state index contributed by atoms with van der Waals surface area (Å²) in [6, 6.07) is 5.53. The van der Waals surface area contributed by atoms with Gasteiger partial charge >= 0.3 is 5.69 Å². The zero-order chi connectivity index (χ0) is 14.9. The number of aromatic nitrogens is 2. The van der Waals surface area contributed by atoms with Crippen molar-refractivity contribution in [1.29, 1.82) is 0 Å². The number of nitrogens with two attached hydrogens (primary N) is 1. The van der Waals surface area contributed by atoms with Crippen molar-refractivity contribution in [1.82, 2.24) is 9.97 Å². The molecular weight excluding hydrogens is 326 g/mol. The number of nitrogens with one attached hydrogen (secondary N) is 1. The van der Waals surface area contributed by atoms with E-state index >= 15 is 0 Å². The zero-order valence-electron chi connectivity index (χ0n) is 10.8. The van der Waals surface area contributed by atoms with E-state index in [9.17, 15) is 10.1 Å². The Hall–Kier alpha value is -2.22. The fraction of sp³-hybridized carbons (Fsp3) is 0.167. The van der Waals surface area contributed by atoms with Crippen LogP contribution in [0.15, 0.2) is 22.7 Å². The molecule has 0 radical (unpaired) electrons. The number of nitro groups is 1. The SMILES string of the molecule is Cc1cc(Br)ccc1Nc1nc(N)nc(C)c1[N+](=O)[O-]. The number of anilines is 3. The average molecular weight is 338 g/mol. The van der Waals surface area contributed by atoms with E-state index < -0.39 is 4.92 Å². The first kappa shape index (κ1) is 14.2. The van der Waals surface area contributed by atoms with Gasteiger partial charge < -0.3 is 11.1 Å². The highest BCUT2D eigenvalue weighted by Gasteiger charge is 2.21. The molecule has 2 aromatic rings. The minimum absolute atomic E-state index is 0.00892. The van der Waals surface area contributed by atoms with Gasteiger partial charge in [0.15, 0.2) is 0 Å². The molecule has 0 amide bonds. The van der Waals surface area contributed by atoms with Crippen LogP contribution in [-0.4, -0.2) is 14.9 Å². The summed E-state index contributed by atoms with van der Waals surface area (Å²) in [4.78, 5) is 18.3. The van der Waals surface area contributed by atoms with E-state index in [1.165, 1.54) is 6.92 Å². The Morgan fingerprint density at radius 2 is 2.05 bits per heavy atom. The molecule has 0 bridgehead atoms. The fourth-order valence-electron chi connectivity index (χ4n) is 1.79. The summed E-state index contributed by atoms with van der Waals surface area (Å²) in [5.41, 5.74) is 7.23. The van der Waals surface area contributed by atoms with Crippen LogP contribution in [0.3, 0.4) is 0 Å². The van der Waals surface area contributed by atoms with E-state index in [0.717, 1.165) is 10.0 Å². The van der Waals surface area contributed by atoms with Gasteiger partial charge in [0.25, 0.3) is 0 Å². The predicted molar refractivity (Wildman–Crippen MR) is 80.0 cm³/mol. The number of aryl methyl sites for hydroxylation is 2. The standard InChI is InChI=1S/C12H12BrN5O2/c1-6-5-8(13)3-4-9(6)16-11-10(18(19)20)7(2)15-12(14)17-11/h3-5H,1-2H3,(H3,14,15,16,17). The largest absolute Gasteiger partial charge is 0.368 e. The number of nitrogen functional groups attached to an aromatic ring is 1. The Labute approximate surface area is 123 Å². The number of hydrogen-bond acceptors (Lipinski definition) is 6. The molecular formula is C12H12BrN5O2. The minimum Gasteiger partial charge on any atom is -0.368 e. The van der Waals surface area contributed by atoms with Crippen LogP contribution in [0.4, 0.5) is 23.1 Å². The quantitative estimate of drug-likeness (QED) is 0.658. The number of rotatable bonds is 3. The second-order valence-electron chi connectivity index (χ2n) is 4.21. The molecule has 1 heterocycles. The number of hydrogen-bond donors (Lipinski definition) is 2. The van der Waals surface area contributed by atoms with Crippen molar-refractivity contribution >= 4 is 39.1 Å². The highest BCUT2D eigenvalue weighted by Crippen LogP contribution is 2.30. The lowest BCUT2D eigenvalue weighted by Crippen LogP contribution is -2.07. The molecule has 104 valence electrons. The smallest absolute Gasteiger partial charge is 0.332 e. The number of halogens is 1. The van der Waals surface area contributed by atoms with Crippen molar-refractivity contribution in [3.8, 4) is 0 Å². The monoisotopic (exact) mass is 337 g/mol. The molecule has 0 unspecified atom stereocenters. The molecule has 1 aromatic heterocycles. The molecule has 7 nitrogen and oxygen atoms in total. The molecule has 0 saturated heterocycles. The molecule has 20 heavy (non-hydrogen) atoms. The van der Waals surface area contributed by atoms with Gasteiger partial charge in [-0.3, -0.25) is 10.1 Å². The minimum atomic E-state index is -0.523. The van der Waals surface area contributed by atoms with Crippen molar-refractivity contribution < 1.29 is 4.92 Å². The molecule has 1 aromatic carbocycles. The van der Waals surface area contributed by atoms with Gasteiger partial charge in [-0.15, -0.1) is 0 Å². The van der Waals surface area contributed by atoms with E-state index in [1.807, 2.05) is 19.1 Å². The molecule has 2 rings (SSSR count). The molecule has 8 heteroatoms. The van der Waals surface area contributed by atoms with Gasteiger partial charge in [-0.25, -0.2) is 4.98 Å². The van der Waals surface area contributed by atoms with E-state index in [-0.39, 0.29) is 23.1 Å². The fourth-order valence-corrected chi connectivity index (χ4v) is 2.26. The number of nitrogens with zero attached hydrogens (tertiary/aromatic N) is 3. The topological polar surface area (TPSA) is 107 Å². The summed E-state index contributed by atoms with van der Waals surface area (Å²) < 4.78 is 0.924. The van der Waals surface area contributed by atoms with Gasteiger partial charge in [-0.1, -0.05) is 15.9 Å². The molecule has 3 N–H and O–H groups in total. The van der Waals surface area contributed by atoms with E-state index in [4.69, 9.17) is 5.73 Å². The Kier molecular flexibility index (Phi) is 3.84. The van der Waals surface area contributed by atoms with Crippen molar-refractivity contribution in [3.63, 3.8) is 0 Å². The first-order chi connectivity index (χ1) is 9.38. The van der Waals surface area contributed by atoms with Crippen molar-refractivity contribution in [2.45, 2.75) is 13.8 Å². The maximum absolute atomic E-state index is 11.1. The van der Waals surface area contributed by atoms with Gasteiger partial charge in [-0.2, -0.15) is 4.98 Å². The molecule has 0 aliphatic carbocycles. The number of benzene rings is 1. The van der Waals surface area contributed by atoms with Crippen LogP contribution >= 0.6 is 15.9 Å². The summed E-state index contributed by atoms with van der Waals surface area (Å²) in [5.74, 6) is 0.0794. The molecule has 0 fully saturated rings. The van der Waals surface area contributed by atoms with Crippen molar-refractivity contribution in [3.05, 3.63) is 44.0 Å². The zero-order valence-corrected chi connectivity index (χ0v) is 12.4. The molecule has 0 aliphatic heterocycles. The van der Waals surface area contributed by atoms with E-state index in [1.54, 1.807) is 6.07 Å². The molecule has 0 atom stereocenters. The van der Waals surface area contributed by atoms with Gasteiger partial charge in [0.1, 0.15) is 5.69 Å². The maximum atomic E-state index is 11.1. The lowest BCUT2D eigenvalue weighted by Gasteiger charge is -2.10. The highest BCUT2D eigenvalue weighted by atomic mass is 79.9. The first-order valence-electron chi connectivity index (χ1n) is 5.70. The summed E-state index contributed by atoms with van der Waals surface area (Å²) in [7, 11) is 0. The van der Waals surface area contributed by atoms with Gasteiger partial charge in [0.2, 0.25) is 11.8 Å². The van der Waals surface area contributed by atoms with Crippen LogP contribution < -0.4 is 11.1 Å². The lowest BCUT2D eigenvalue weighted by molar-refractivity contribution is -0.385. The van der Waals surface area contributed by atoms with Gasteiger partial charge in [0, 0.05) is 10.2 Å². The average Bonchev–Trinajstić information content (AvgIpc) is 2.31. The van der Waals surface area contributed by atoms with Crippen LogP contribution in [0.2, 0.25) is 0 Å². The Bertz CT molecular complexity index is 690. The Balaban J connectivity index is 2.50. The second-order valence-corrected chi connectivity index (χ2v) is 5.12. The van der Waals surface area contributed by atoms with Crippen LogP contribution in [0.25, 0.3) is 0 Å². The third-order valence-electron chi connectivity index (χ3n) is 2.70. The Morgan fingerprint density at radius 3 is 2.65 bits per heavy atom. The van der Waals surface area contributed by atoms with Crippen molar-refractivity contribution in [2.75, 3.05) is 11.1 Å². The molecule has 0 spiro atoms. The van der Waals surface area contributed by atoms with Crippen LogP contribution in [0.5, 0.6) is 0 Å². The maximum Gasteiger partial charge on any atom is 0.332 e. The predicted octanol–water partition coefficient (Wildman–Crippen LogP) is 3.09. The second kappa shape index (κ2) is 5.41. The first-order valence-corrected chi connectivity index (χ1v) is 6.49. The molecule has 0 aliphatic rings. The third-order valence-corrected chi connectivity index (χ3v) is 3.19. The summed E-state index contributed by atoms with van der Waals surface area (Å²) >= 11 is 3.36. The van der Waals surface area contributed by atoms with E-state index in [2.05, 4.69) is 31.2 Å². The summed E-state index contributed by atoms with van der Waals surface area (Å²) in [6.45, 7) is 3.41. The Morgan fingerprint density at radius 1 is 1.35 bits per heavy atom. The van der Waals surface area contributed by atoms with Crippen molar-refractivity contribution in [2.24, 2.45) is 0 Å². The third kappa shape index (κ3) is 2.85. The highest BCUT2D eigenvalue weighted by molar-refractivity contribution is 9.10.